The number of pyridine rings is 1. The first-order valence-electron chi connectivity index (χ1n) is 6.22. The van der Waals surface area contributed by atoms with E-state index in [1.807, 2.05) is 39.0 Å². The Kier molecular flexibility index (Phi) is 3.76. The van der Waals surface area contributed by atoms with Crippen molar-refractivity contribution < 1.29 is 4.79 Å². The van der Waals surface area contributed by atoms with Gasteiger partial charge in [-0.05, 0) is 45.9 Å². The number of aromatic nitrogens is 2. The lowest BCUT2D eigenvalue weighted by molar-refractivity contribution is 0.0991. The summed E-state index contributed by atoms with van der Waals surface area (Å²) >= 11 is 5.90. The van der Waals surface area contributed by atoms with E-state index in [1.54, 1.807) is 13.1 Å². The Balaban J connectivity index is 2.57. The predicted octanol–water partition coefficient (Wildman–Crippen LogP) is 3.61. The van der Waals surface area contributed by atoms with Gasteiger partial charge >= 0.3 is 0 Å². The normalized spacial score (nSPS) is 12.5. The second-order valence-corrected chi connectivity index (χ2v) is 5.41. The van der Waals surface area contributed by atoms with Gasteiger partial charge in [0.05, 0.1) is 5.38 Å². The fourth-order valence-electron chi connectivity index (χ4n) is 2.29. The molecule has 0 spiro atoms. The maximum Gasteiger partial charge on any atom is 0.182 e. The first-order valence-corrected chi connectivity index (χ1v) is 6.65. The fourth-order valence-corrected chi connectivity index (χ4v) is 2.41. The third-order valence-corrected chi connectivity index (χ3v) is 3.39. The van der Waals surface area contributed by atoms with Crippen LogP contribution in [-0.4, -0.2) is 20.7 Å². The molecule has 0 saturated carbocycles. The Hall–Kier alpha value is -1.61. The summed E-state index contributed by atoms with van der Waals surface area (Å²) in [6.07, 6.45) is 1.77. The Morgan fingerprint density at radius 3 is 2.58 bits per heavy atom. The standard InChI is InChI=1S/C15H17ClN2O/c1-9-7-13(5-6-17-9)18-10(2)8-14(12(18)4)15(19)11(3)16/h5-8,11H,1-4H3. The summed E-state index contributed by atoms with van der Waals surface area (Å²) in [4.78, 5) is 16.3. The Labute approximate surface area is 118 Å². The molecule has 0 aliphatic rings. The van der Waals surface area contributed by atoms with E-state index >= 15 is 0 Å². The molecule has 0 aliphatic carbocycles. The zero-order valence-corrected chi connectivity index (χ0v) is 12.3. The van der Waals surface area contributed by atoms with E-state index in [2.05, 4.69) is 9.55 Å². The van der Waals surface area contributed by atoms with E-state index < -0.39 is 5.38 Å². The van der Waals surface area contributed by atoms with Crippen molar-refractivity contribution in [2.75, 3.05) is 0 Å². The van der Waals surface area contributed by atoms with Crippen molar-refractivity contribution in [3.63, 3.8) is 0 Å². The second-order valence-electron chi connectivity index (χ2n) is 4.76. The van der Waals surface area contributed by atoms with E-state index in [0.29, 0.717) is 5.56 Å². The number of alkyl halides is 1. The monoisotopic (exact) mass is 276 g/mol. The fraction of sp³-hybridized carbons (Fsp3) is 0.333. The molecular weight excluding hydrogens is 260 g/mol. The van der Waals surface area contributed by atoms with Gasteiger partial charge in [0.15, 0.2) is 5.78 Å². The second kappa shape index (κ2) is 5.17. The summed E-state index contributed by atoms with van der Waals surface area (Å²) in [7, 11) is 0. The molecule has 0 saturated heterocycles. The van der Waals surface area contributed by atoms with Crippen LogP contribution in [0.25, 0.3) is 5.69 Å². The highest BCUT2D eigenvalue weighted by atomic mass is 35.5. The van der Waals surface area contributed by atoms with Crippen molar-refractivity contribution >= 4 is 17.4 Å². The Morgan fingerprint density at radius 2 is 2.00 bits per heavy atom. The lowest BCUT2D eigenvalue weighted by Crippen LogP contribution is -2.11. The van der Waals surface area contributed by atoms with Crippen molar-refractivity contribution in [2.24, 2.45) is 0 Å². The van der Waals surface area contributed by atoms with Gasteiger partial charge in [0.2, 0.25) is 0 Å². The zero-order valence-electron chi connectivity index (χ0n) is 11.6. The third kappa shape index (κ3) is 2.56. The number of hydrogen-bond donors (Lipinski definition) is 0. The lowest BCUT2D eigenvalue weighted by Gasteiger charge is -2.10. The predicted molar refractivity (Wildman–Crippen MR) is 77.4 cm³/mol. The number of aryl methyl sites for hydroxylation is 2. The maximum atomic E-state index is 12.1. The van der Waals surface area contributed by atoms with Gasteiger partial charge in [-0.15, -0.1) is 11.6 Å². The summed E-state index contributed by atoms with van der Waals surface area (Å²) < 4.78 is 2.06. The molecule has 0 amide bonds. The molecular formula is C15H17ClN2O. The number of carbonyl (C=O) groups excluding carboxylic acids is 1. The SMILES string of the molecule is Cc1cc(-n2c(C)cc(C(=O)C(C)Cl)c2C)ccn1. The number of hydrogen-bond acceptors (Lipinski definition) is 2. The van der Waals surface area contributed by atoms with Crippen LogP contribution in [0.3, 0.4) is 0 Å². The van der Waals surface area contributed by atoms with Crippen LogP contribution in [-0.2, 0) is 0 Å². The van der Waals surface area contributed by atoms with Crippen molar-refractivity contribution in [2.45, 2.75) is 33.1 Å². The minimum Gasteiger partial charge on any atom is -0.318 e. The lowest BCUT2D eigenvalue weighted by atomic mass is 10.1. The highest BCUT2D eigenvalue weighted by Gasteiger charge is 2.19. The van der Waals surface area contributed by atoms with E-state index in [4.69, 9.17) is 11.6 Å². The van der Waals surface area contributed by atoms with E-state index in [9.17, 15) is 4.79 Å². The summed E-state index contributed by atoms with van der Waals surface area (Å²) in [5, 5.41) is -0.506. The Bertz CT molecular complexity index is 629. The van der Waals surface area contributed by atoms with E-state index in [0.717, 1.165) is 22.8 Å². The van der Waals surface area contributed by atoms with Crippen LogP contribution in [0.5, 0.6) is 0 Å². The van der Waals surface area contributed by atoms with Gasteiger partial charge < -0.3 is 4.57 Å². The molecule has 0 fully saturated rings. The topological polar surface area (TPSA) is 34.9 Å². The molecule has 0 N–H and O–H groups in total. The Morgan fingerprint density at radius 1 is 1.32 bits per heavy atom. The number of carbonyl (C=O) groups is 1. The quantitative estimate of drug-likeness (QED) is 0.634. The number of rotatable bonds is 3. The van der Waals surface area contributed by atoms with Crippen LogP contribution in [0.15, 0.2) is 24.4 Å². The van der Waals surface area contributed by atoms with Crippen molar-refractivity contribution in [1.82, 2.24) is 9.55 Å². The highest BCUT2D eigenvalue weighted by Crippen LogP contribution is 2.22. The highest BCUT2D eigenvalue weighted by molar-refractivity contribution is 6.33. The van der Waals surface area contributed by atoms with Crippen LogP contribution in [0.1, 0.15) is 34.4 Å². The van der Waals surface area contributed by atoms with Gasteiger partial charge in [0.25, 0.3) is 0 Å². The minimum absolute atomic E-state index is 0.0354. The molecule has 19 heavy (non-hydrogen) atoms. The minimum atomic E-state index is -0.506. The number of Topliss-reactive ketones (excluding diaryl/α,β-unsaturated/α-hetero) is 1. The molecule has 2 aromatic heterocycles. The van der Waals surface area contributed by atoms with Crippen molar-refractivity contribution in [3.05, 3.63) is 47.0 Å². The largest absolute Gasteiger partial charge is 0.318 e. The van der Waals surface area contributed by atoms with Gasteiger partial charge in [0.1, 0.15) is 0 Å². The molecule has 3 nitrogen and oxygen atoms in total. The first-order chi connectivity index (χ1) is 8.91. The van der Waals surface area contributed by atoms with Crippen LogP contribution in [0.2, 0.25) is 0 Å². The number of ketones is 1. The third-order valence-electron chi connectivity index (χ3n) is 3.20. The van der Waals surface area contributed by atoms with Gasteiger partial charge in [-0.3, -0.25) is 9.78 Å². The smallest absolute Gasteiger partial charge is 0.182 e. The molecule has 2 aromatic rings. The van der Waals surface area contributed by atoms with Crippen LogP contribution in [0.4, 0.5) is 0 Å². The van der Waals surface area contributed by atoms with E-state index in [-0.39, 0.29) is 5.78 Å². The summed E-state index contributed by atoms with van der Waals surface area (Å²) in [5.74, 6) is -0.0354. The molecule has 0 aromatic carbocycles. The number of nitrogens with zero attached hydrogens (tertiary/aromatic N) is 2. The van der Waals surface area contributed by atoms with Crippen molar-refractivity contribution in [3.8, 4) is 5.69 Å². The molecule has 4 heteroatoms. The average Bonchev–Trinajstić information content (AvgIpc) is 2.63. The average molecular weight is 277 g/mol. The van der Waals surface area contributed by atoms with Gasteiger partial charge in [0, 0.05) is 34.5 Å². The molecule has 2 heterocycles. The summed E-state index contributed by atoms with van der Waals surface area (Å²) in [6, 6.07) is 5.83. The van der Waals surface area contributed by atoms with Gasteiger partial charge in [-0.25, -0.2) is 0 Å². The first kappa shape index (κ1) is 13.8. The molecule has 2 rings (SSSR count). The zero-order chi connectivity index (χ0) is 14.2. The molecule has 1 unspecified atom stereocenters. The molecule has 1 atom stereocenters. The van der Waals surface area contributed by atoms with Crippen molar-refractivity contribution in [1.29, 1.82) is 0 Å². The van der Waals surface area contributed by atoms with Gasteiger partial charge in [-0.1, -0.05) is 0 Å². The summed E-state index contributed by atoms with van der Waals surface area (Å²) in [5.41, 5.74) is 4.59. The van der Waals surface area contributed by atoms with Crippen LogP contribution >= 0.6 is 11.6 Å². The maximum absolute atomic E-state index is 12.1. The molecule has 0 aliphatic heterocycles. The van der Waals surface area contributed by atoms with Crippen LogP contribution < -0.4 is 0 Å². The van der Waals surface area contributed by atoms with E-state index in [1.165, 1.54) is 0 Å². The van der Waals surface area contributed by atoms with Gasteiger partial charge in [-0.2, -0.15) is 0 Å². The summed E-state index contributed by atoms with van der Waals surface area (Å²) in [6.45, 7) is 7.57. The number of halogens is 1. The van der Waals surface area contributed by atoms with Crippen LogP contribution in [0, 0.1) is 20.8 Å². The molecule has 0 radical (unpaired) electrons. The molecule has 100 valence electrons. The molecule has 0 bridgehead atoms.